The highest BCUT2D eigenvalue weighted by Crippen LogP contribution is 2.24. The Morgan fingerprint density at radius 3 is 2.54 bits per heavy atom. The van der Waals surface area contributed by atoms with Crippen molar-refractivity contribution in [2.24, 2.45) is 0 Å². The first kappa shape index (κ1) is 14.3. The van der Waals surface area contributed by atoms with E-state index >= 15 is 0 Å². The smallest absolute Gasteiger partial charge is 0.170 e. The van der Waals surface area contributed by atoms with Crippen molar-refractivity contribution in [3.8, 4) is 5.82 Å². The molecule has 0 aliphatic heterocycles. The molecule has 0 saturated carbocycles. The van der Waals surface area contributed by atoms with Crippen LogP contribution in [0, 0.1) is 0 Å². The van der Waals surface area contributed by atoms with Crippen LogP contribution in [0.15, 0.2) is 61.3 Å². The second-order valence-electron chi connectivity index (χ2n) is 5.32. The van der Waals surface area contributed by atoms with Crippen LogP contribution in [-0.4, -0.2) is 29.7 Å². The Labute approximate surface area is 138 Å². The number of nitrogens with one attached hydrogen (secondary N) is 1. The molecule has 0 spiro atoms. The fourth-order valence-corrected chi connectivity index (χ4v) is 2.52. The first-order valence-electron chi connectivity index (χ1n) is 7.60. The third-order valence-electron chi connectivity index (χ3n) is 3.72. The third-order valence-corrected chi connectivity index (χ3v) is 3.72. The molecule has 1 N–H and O–H groups in total. The standard InChI is InChI=1S/C17H15N7/c1-12(14-6-2-4-8-18-14)23-16-13-10-22-24(17(13)21-11-20-16)15-7-3-5-9-19-15/h2-12H,1H3,(H,20,21,23)/t12-/m0/s1. The van der Waals surface area contributed by atoms with Crippen LogP contribution in [0.1, 0.15) is 18.7 Å². The van der Waals surface area contributed by atoms with Crippen LogP contribution in [-0.2, 0) is 0 Å². The van der Waals surface area contributed by atoms with E-state index in [1.54, 1.807) is 23.3 Å². The quantitative estimate of drug-likeness (QED) is 0.623. The van der Waals surface area contributed by atoms with Gasteiger partial charge in [0.1, 0.15) is 12.1 Å². The summed E-state index contributed by atoms with van der Waals surface area (Å²) in [4.78, 5) is 17.4. The number of aromatic nitrogens is 6. The molecule has 4 aromatic heterocycles. The minimum Gasteiger partial charge on any atom is -0.361 e. The maximum Gasteiger partial charge on any atom is 0.170 e. The summed E-state index contributed by atoms with van der Waals surface area (Å²) in [5, 5.41) is 8.62. The van der Waals surface area contributed by atoms with Crippen LogP contribution in [0.4, 0.5) is 5.82 Å². The summed E-state index contributed by atoms with van der Waals surface area (Å²) < 4.78 is 1.70. The predicted molar refractivity (Wildman–Crippen MR) is 90.7 cm³/mol. The minimum absolute atomic E-state index is 0.0162. The maximum absolute atomic E-state index is 4.40. The molecule has 0 aliphatic carbocycles. The van der Waals surface area contributed by atoms with Crippen LogP contribution in [0.2, 0.25) is 0 Å². The van der Waals surface area contributed by atoms with Crippen LogP contribution >= 0.6 is 0 Å². The molecule has 4 heterocycles. The summed E-state index contributed by atoms with van der Waals surface area (Å²) in [6.07, 6.45) is 6.78. The van der Waals surface area contributed by atoms with Gasteiger partial charge in [0.05, 0.1) is 23.3 Å². The van der Waals surface area contributed by atoms with Gasteiger partial charge in [-0.1, -0.05) is 12.1 Å². The fourth-order valence-electron chi connectivity index (χ4n) is 2.52. The Balaban J connectivity index is 1.71. The molecule has 0 unspecified atom stereocenters. The van der Waals surface area contributed by atoms with Crippen molar-refractivity contribution in [1.82, 2.24) is 29.7 Å². The first-order valence-corrected chi connectivity index (χ1v) is 7.60. The van der Waals surface area contributed by atoms with E-state index in [1.165, 1.54) is 6.33 Å². The van der Waals surface area contributed by atoms with Gasteiger partial charge in [0.25, 0.3) is 0 Å². The molecule has 0 amide bonds. The first-order chi connectivity index (χ1) is 11.8. The lowest BCUT2D eigenvalue weighted by molar-refractivity contribution is 0.832. The van der Waals surface area contributed by atoms with E-state index in [2.05, 4.69) is 30.4 Å². The van der Waals surface area contributed by atoms with Crippen LogP contribution in [0.5, 0.6) is 0 Å². The Hall–Kier alpha value is -3.35. The average molecular weight is 317 g/mol. The lowest BCUT2D eigenvalue weighted by atomic mass is 10.2. The summed E-state index contributed by atoms with van der Waals surface area (Å²) in [6.45, 7) is 2.04. The summed E-state index contributed by atoms with van der Waals surface area (Å²) in [5.74, 6) is 1.44. The number of rotatable bonds is 4. The van der Waals surface area contributed by atoms with Gasteiger partial charge in [-0.2, -0.15) is 9.78 Å². The highest BCUT2D eigenvalue weighted by Gasteiger charge is 2.14. The molecular formula is C17H15N7. The van der Waals surface area contributed by atoms with Crippen molar-refractivity contribution in [3.63, 3.8) is 0 Å². The predicted octanol–water partition coefficient (Wildman–Crippen LogP) is 2.78. The Morgan fingerprint density at radius 1 is 0.958 bits per heavy atom. The van der Waals surface area contributed by atoms with Gasteiger partial charge < -0.3 is 5.32 Å². The van der Waals surface area contributed by atoms with E-state index in [4.69, 9.17) is 0 Å². The SMILES string of the molecule is C[C@H](Nc1ncnc2c1cnn2-c1ccccn1)c1ccccn1. The lowest BCUT2D eigenvalue weighted by Crippen LogP contribution is -2.10. The molecule has 24 heavy (non-hydrogen) atoms. The summed E-state index contributed by atoms with van der Waals surface area (Å²) in [5.41, 5.74) is 1.65. The largest absolute Gasteiger partial charge is 0.361 e. The molecule has 0 fully saturated rings. The molecule has 7 nitrogen and oxygen atoms in total. The lowest BCUT2D eigenvalue weighted by Gasteiger charge is -2.14. The maximum atomic E-state index is 4.40. The Bertz CT molecular complexity index is 951. The number of hydrogen-bond acceptors (Lipinski definition) is 6. The van der Waals surface area contributed by atoms with Gasteiger partial charge in [-0.15, -0.1) is 0 Å². The van der Waals surface area contributed by atoms with Gasteiger partial charge in [0.2, 0.25) is 0 Å². The van der Waals surface area contributed by atoms with E-state index in [0.717, 1.165) is 22.7 Å². The zero-order valence-electron chi connectivity index (χ0n) is 13.0. The van der Waals surface area contributed by atoms with Crippen LogP contribution in [0.25, 0.3) is 16.9 Å². The molecular weight excluding hydrogens is 302 g/mol. The van der Waals surface area contributed by atoms with Crippen molar-refractivity contribution in [3.05, 3.63) is 67.0 Å². The number of hydrogen-bond donors (Lipinski definition) is 1. The summed E-state index contributed by atoms with van der Waals surface area (Å²) >= 11 is 0. The number of fused-ring (bicyclic) bond motifs is 1. The molecule has 0 bridgehead atoms. The molecule has 0 aromatic carbocycles. The van der Waals surface area contributed by atoms with Gasteiger partial charge in [-0.25, -0.2) is 15.0 Å². The minimum atomic E-state index is 0.0162. The average Bonchev–Trinajstić information content (AvgIpc) is 3.08. The highest BCUT2D eigenvalue weighted by atomic mass is 15.3. The third kappa shape index (κ3) is 2.56. The second kappa shape index (κ2) is 6.04. The molecule has 118 valence electrons. The van der Waals surface area contributed by atoms with Gasteiger partial charge in [-0.3, -0.25) is 4.98 Å². The normalized spacial score (nSPS) is 12.2. The molecule has 4 aromatic rings. The Kier molecular flexibility index (Phi) is 3.59. The monoisotopic (exact) mass is 317 g/mol. The molecule has 4 rings (SSSR count). The summed E-state index contributed by atoms with van der Waals surface area (Å²) in [7, 11) is 0. The van der Waals surface area contributed by atoms with E-state index < -0.39 is 0 Å². The van der Waals surface area contributed by atoms with Gasteiger partial charge in [0, 0.05) is 12.4 Å². The second-order valence-corrected chi connectivity index (χ2v) is 5.32. The molecule has 0 radical (unpaired) electrons. The van der Waals surface area contributed by atoms with E-state index in [0.29, 0.717) is 5.65 Å². The van der Waals surface area contributed by atoms with Gasteiger partial charge in [-0.05, 0) is 31.2 Å². The van der Waals surface area contributed by atoms with E-state index in [9.17, 15) is 0 Å². The van der Waals surface area contributed by atoms with Crippen molar-refractivity contribution in [2.45, 2.75) is 13.0 Å². The highest BCUT2D eigenvalue weighted by molar-refractivity contribution is 5.87. The summed E-state index contributed by atoms with van der Waals surface area (Å²) in [6, 6.07) is 11.5. The Morgan fingerprint density at radius 2 is 1.79 bits per heavy atom. The molecule has 0 aliphatic rings. The van der Waals surface area contributed by atoms with Crippen molar-refractivity contribution >= 4 is 16.9 Å². The fraction of sp³-hybridized carbons (Fsp3) is 0.118. The number of anilines is 1. The zero-order chi connectivity index (χ0) is 16.4. The topological polar surface area (TPSA) is 81.4 Å². The van der Waals surface area contributed by atoms with Crippen LogP contribution in [0.3, 0.4) is 0 Å². The van der Waals surface area contributed by atoms with Crippen molar-refractivity contribution < 1.29 is 0 Å². The van der Waals surface area contributed by atoms with E-state index in [-0.39, 0.29) is 6.04 Å². The molecule has 7 heteroatoms. The van der Waals surface area contributed by atoms with E-state index in [1.807, 2.05) is 43.3 Å². The zero-order valence-corrected chi connectivity index (χ0v) is 13.0. The van der Waals surface area contributed by atoms with Crippen molar-refractivity contribution in [1.29, 1.82) is 0 Å². The van der Waals surface area contributed by atoms with Crippen LogP contribution < -0.4 is 5.32 Å². The van der Waals surface area contributed by atoms with Crippen molar-refractivity contribution in [2.75, 3.05) is 5.32 Å². The van der Waals surface area contributed by atoms with Gasteiger partial charge in [0.15, 0.2) is 11.5 Å². The number of nitrogens with zero attached hydrogens (tertiary/aromatic N) is 6. The molecule has 0 saturated heterocycles. The van der Waals surface area contributed by atoms with Gasteiger partial charge >= 0.3 is 0 Å². The number of pyridine rings is 2. The molecule has 1 atom stereocenters.